The van der Waals surface area contributed by atoms with Gasteiger partial charge in [-0.15, -0.1) is 0 Å². The maximum atomic E-state index is 12.5. The van der Waals surface area contributed by atoms with Crippen LogP contribution >= 0.6 is 0 Å². The number of benzene rings is 1. The minimum absolute atomic E-state index is 0.168. The first kappa shape index (κ1) is 17.2. The molecule has 0 saturated carbocycles. The predicted molar refractivity (Wildman–Crippen MR) is 84.5 cm³/mol. The molecular weight excluding hydrogens is 300 g/mol. The molecule has 0 spiro atoms. The van der Waals surface area contributed by atoms with Crippen LogP contribution in [-0.4, -0.2) is 46.6 Å². The van der Waals surface area contributed by atoms with Gasteiger partial charge < -0.3 is 14.7 Å². The van der Waals surface area contributed by atoms with Gasteiger partial charge in [0.1, 0.15) is 0 Å². The zero-order chi connectivity index (χ0) is 16.8. The van der Waals surface area contributed by atoms with Gasteiger partial charge in [-0.3, -0.25) is 14.9 Å². The summed E-state index contributed by atoms with van der Waals surface area (Å²) in [6, 6.07) is 3.74. The van der Waals surface area contributed by atoms with Crippen molar-refractivity contribution in [3.63, 3.8) is 0 Å². The van der Waals surface area contributed by atoms with Gasteiger partial charge in [0, 0.05) is 31.3 Å². The predicted octanol–water partition coefficient (Wildman–Crippen LogP) is 2.72. The van der Waals surface area contributed by atoms with Crippen LogP contribution in [-0.2, 0) is 4.74 Å². The smallest absolute Gasteiger partial charge is 0.311 e. The van der Waals surface area contributed by atoms with Crippen LogP contribution in [0.1, 0.15) is 43.0 Å². The maximum Gasteiger partial charge on any atom is 0.311 e. The Balaban J connectivity index is 2.05. The number of carbonyl (C=O) groups is 1. The number of aromatic hydroxyl groups is 1. The third kappa shape index (κ3) is 4.41. The molecule has 1 aliphatic rings. The Morgan fingerprint density at radius 2 is 2.22 bits per heavy atom. The molecule has 1 aliphatic heterocycles. The molecule has 1 atom stereocenters. The molecule has 0 bridgehead atoms. The average molecular weight is 322 g/mol. The van der Waals surface area contributed by atoms with Gasteiger partial charge in [-0.25, -0.2) is 0 Å². The minimum atomic E-state index is -0.691. The lowest BCUT2D eigenvalue weighted by Gasteiger charge is -2.20. The van der Waals surface area contributed by atoms with E-state index in [2.05, 4.69) is 6.92 Å². The van der Waals surface area contributed by atoms with E-state index >= 15 is 0 Å². The van der Waals surface area contributed by atoms with Gasteiger partial charge in [-0.05, 0) is 37.8 Å². The second-order valence-electron chi connectivity index (χ2n) is 5.68. The molecule has 1 aromatic rings. The number of hydrogen-bond donors (Lipinski definition) is 1. The Kier molecular flexibility index (Phi) is 5.92. The number of ether oxygens (including phenoxy) is 1. The van der Waals surface area contributed by atoms with E-state index < -0.39 is 16.4 Å². The number of hydrogen-bond acceptors (Lipinski definition) is 5. The first-order valence-electron chi connectivity index (χ1n) is 7.91. The van der Waals surface area contributed by atoms with Gasteiger partial charge in [0.05, 0.1) is 11.0 Å². The third-order valence-electron chi connectivity index (χ3n) is 3.94. The Morgan fingerprint density at radius 1 is 1.43 bits per heavy atom. The van der Waals surface area contributed by atoms with Gasteiger partial charge in [0.25, 0.3) is 5.91 Å². The number of carbonyl (C=O) groups excluding carboxylic acids is 1. The minimum Gasteiger partial charge on any atom is -0.502 e. The Hall–Kier alpha value is -2.15. The average Bonchev–Trinajstić information content (AvgIpc) is 2.78. The van der Waals surface area contributed by atoms with Gasteiger partial charge >= 0.3 is 5.69 Å². The summed E-state index contributed by atoms with van der Waals surface area (Å²) in [5.74, 6) is -0.681. The second-order valence-corrected chi connectivity index (χ2v) is 5.68. The highest BCUT2D eigenvalue weighted by Gasteiger charge is 2.24. The molecule has 0 unspecified atom stereocenters. The molecule has 1 aromatic carbocycles. The van der Waals surface area contributed by atoms with Crippen molar-refractivity contribution in [2.45, 2.75) is 38.7 Å². The van der Waals surface area contributed by atoms with E-state index in [1.165, 1.54) is 12.1 Å². The largest absolute Gasteiger partial charge is 0.502 e. The number of amides is 1. The monoisotopic (exact) mass is 322 g/mol. The van der Waals surface area contributed by atoms with E-state index in [4.69, 9.17) is 4.74 Å². The Morgan fingerprint density at radius 3 is 2.91 bits per heavy atom. The molecule has 126 valence electrons. The van der Waals surface area contributed by atoms with Crippen molar-refractivity contribution in [1.29, 1.82) is 0 Å². The van der Waals surface area contributed by atoms with Gasteiger partial charge in [0.2, 0.25) is 0 Å². The van der Waals surface area contributed by atoms with Crippen LogP contribution in [0.15, 0.2) is 18.2 Å². The summed E-state index contributed by atoms with van der Waals surface area (Å²) in [5, 5.41) is 20.4. The first-order valence-corrected chi connectivity index (χ1v) is 7.91. The molecule has 1 amide bonds. The number of nitrogens with zero attached hydrogens (tertiary/aromatic N) is 2. The molecular formula is C16H22N2O5. The van der Waals surface area contributed by atoms with E-state index in [9.17, 15) is 20.0 Å². The summed E-state index contributed by atoms with van der Waals surface area (Å²) >= 11 is 0. The number of rotatable bonds is 5. The van der Waals surface area contributed by atoms with E-state index in [1.54, 1.807) is 4.90 Å². The van der Waals surface area contributed by atoms with Crippen LogP contribution in [0.4, 0.5) is 5.69 Å². The summed E-state index contributed by atoms with van der Waals surface area (Å²) in [6.45, 7) is 3.97. The van der Waals surface area contributed by atoms with Gasteiger partial charge in [0.15, 0.2) is 5.75 Å². The Labute approximate surface area is 135 Å². The molecule has 1 heterocycles. The summed E-state index contributed by atoms with van der Waals surface area (Å²) in [7, 11) is 0. The highest BCUT2D eigenvalue weighted by molar-refractivity contribution is 5.95. The van der Waals surface area contributed by atoms with Crippen molar-refractivity contribution in [3.8, 4) is 5.75 Å². The van der Waals surface area contributed by atoms with E-state index in [0.29, 0.717) is 13.1 Å². The van der Waals surface area contributed by atoms with Crippen LogP contribution in [0.5, 0.6) is 5.75 Å². The summed E-state index contributed by atoms with van der Waals surface area (Å²) in [6.07, 6.45) is 3.67. The highest BCUT2D eigenvalue weighted by atomic mass is 16.6. The second kappa shape index (κ2) is 7.92. The van der Waals surface area contributed by atoms with Crippen molar-refractivity contribution >= 4 is 11.6 Å². The Bertz CT molecular complexity index is 576. The van der Waals surface area contributed by atoms with E-state index in [-0.39, 0.29) is 17.6 Å². The molecule has 1 saturated heterocycles. The van der Waals surface area contributed by atoms with E-state index in [0.717, 1.165) is 38.4 Å². The highest BCUT2D eigenvalue weighted by Crippen LogP contribution is 2.27. The van der Waals surface area contributed by atoms with Crippen LogP contribution in [0, 0.1) is 10.1 Å². The van der Waals surface area contributed by atoms with Crippen LogP contribution < -0.4 is 0 Å². The normalized spacial score (nSPS) is 18.5. The first-order chi connectivity index (χ1) is 11.0. The van der Waals surface area contributed by atoms with Crippen LogP contribution in [0.3, 0.4) is 0 Å². The summed E-state index contributed by atoms with van der Waals surface area (Å²) in [4.78, 5) is 24.4. The molecule has 7 nitrogen and oxygen atoms in total. The fourth-order valence-electron chi connectivity index (χ4n) is 2.71. The van der Waals surface area contributed by atoms with Gasteiger partial charge in [-0.1, -0.05) is 6.92 Å². The standard InChI is InChI=1S/C16H22N2O5/c1-2-10-23-13-4-3-8-17(9-7-13)16(20)12-5-6-15(19)14(11-12)18(21)22/h5-6,11,13,19H,2-4,7-10H2,1H3/t13-/m1/s1. The maximum absolute atomic E-state index is 12.5. The van der Waals surface area contributed by atoms with Crippen molar-refractivity contribution in [1.82, 2.24) is 4.90 Å². The third-order valence-corrected chi connectivity index (χ3v) is 3.94. The fraction of sp³-hybridized carbons (Fsp3) is 0.562. The number of phenolic OH excluding ortho intramolecular Hbond substituents is 1. The lowest BCUT2D eigenvalue weighted by molar-refractivity contribution is -0.385. The molecule has 23 heavy (non-hydrogen) atoms. The SMILES string of the molecule is CCCO[C@@H]1CCCN(C(=O)c2ccc(O)c([N+](=O)[O-])c2)CC1. The zero-order valence-corrected chi connectivity index (χ0v) is 13.2. The lowest BCUT2D eigenvalue weighted by Crippen LogP contribution is -2.32. The van der Waals surface area contributed by atoms with Crippen molar-refractivity contribution in [2.24, 2.45) is 0 Å². The number of nitro groups is 1. The molecule has 1 fully saturated rings. The van der Waals surface area contributed by atoms with Crippen molar-refractivity contribution < 1.29 is 19.6 Å². The zero-order valence-electron chi connectivity index (χ0n) is 13.2. The molecule has 7 heteroatoms. The van der Waals surface area contributed by atoms with Crippen LogP contribution in [0.25, 0.3) is 0 Å². The van der Waals surface area contributed by atoms with Crippen molar-refractivity contribution in [3.05, 3.63) is 33.9 Å². The quantitative estimate of drug-likeness (QED) is 0.664. The molecule has 0 aliphatic carbocycles. The lowest BCUT2D eigenvalue weighted by atomic mass is 10.1. The van der Waals surface area contributed by atoms with E-state index in [1.807, 2.05) is 0 Å². The molecule has 1 N–H and O–H groups in total. The molecule has 2 rings (SSSR count). The number of phenols is 1. The topological polar surface area (TPSA) is 92.9 Å². The van der Waals surface area contributed by atoms with Crippen LogP contribution in [0.2, 0.25) is 0 Å². The van der Waals surface area contributed by atoms with Crippen molar-refractivity contribution in [2.75, 3.05) is 19.7 Å². The fourth-order valence-corrected chi connectivity index (χ4v) is 2.71. The molecule has 0 radical (unpaired) electrons. The number of likely N-dealkylation sites (tertiary alicyclic amines) is 1. The molecule has 0 aromatic heterocycles. The number of nitro benzene ring substituents is 1. The summed E-state index contributed by atoms with van der Waals surface area (Å²) in [5.41, 5.74) is -0.225. The van der Waals surface area contributed by atoms with Gasteiger partial charge in [-0.2, -0.15) is 0 Å². The summed E-state index contributed by atoms with van der Waals surface area (Å²) < 4.78 is 5.75.